The van der Waals surface area contributed by atoms with Crippen LogP contribution in [0.15, 0.2) is 41.7 Å². The van der Waals surface area contributed by atoms with Crippen molar-refractivity contribution in [2.24, 2.45) is 10.7 Å². The third kappa shape index (κ3) is 6.23. The molecule has 0 aliphatic heterocycles. The van der Waals surface area contributed by atoms with Crippen molar-refractivity contribution < 1.29 is 9.53 Å². The van der Waals surface area contributed by atoms with Gasteiger partial charge in [-0.2, -0.15) is 5.10 Å². The molecule has 1 fully saturated rings. The molecule has 0 bridgehead atoms. The summed E-state index contributed by atoms with van der Waals surface area (Å²) in [6.07, 6.45) is 6.73. The monoisotopic (exact) mass is 530 g/mol. The molecule has 4 N–H and O–H groups in total. The normalized spacial score (nSPS) is 18.8. The van der Waals surface area contributed by atoms with E-state index in [9.17, 15) is 4.79 Å². The lowest BCUT2D eigenvalue weighted by Crippen LogP contribution is -2.42. The number of nitrogens with one attached hydrogen (secondary N) is 2. The average molecular weight is 531 g/mol. The van der Waals surface area contributed by atoms with Gasteiger partial charge in [0.15, 0.2) is 0 Å². The fourth-order valence-electron chi connectivity index (χ4n) is 4.37. The van der Waals surface area contributed by atoms with E-state index in [1.165, 1.54) is 0 Å². The Morgan fingerprint density at radius 2 is 1.81 bits per heavy atom. The first-order chi connectivity index (χ1) is 17.0. The Morgan fingerprint density at radius 1 is 1.17 bits per heavy atom. The van der Waals surface area contributed by atoms with Crippen LogP contribution in [0.5, 0.6) is 0 Å². The maximum Gasteiger partial charge on any atom is 0.407 e. The number of amidine groups is 1. The van der Waals surface area contributed by atoms with Crippen molar-refractivity contribution in [3.8, 4) is 0 Å². The molecule has 1 aliphatic rings. The fraction of sp³-hybridized carbons (Fsp3) is 0.423. The number of carbonyl (C=O) groups excluding carboxylic acids is 1. The molecule has 2 aromatic heterocycles. The molecule has 3 aromatic rings. The first kappa shape index (κ1) is 26.1. The predicted octanol–water partition coefficient (Wildman–Crippen LogP) is 6.23. The summed E-state index contributed by atoms with van der Waals surface area (Å²) in [5.74, 6) is 0.265. The Kier molecular flexibility index (Phi) is 7.66. The van der Waals surface area contributed by atoms with Crippen LogP contribution in [0.4, 0.5) is 16.2 Å². The van der Waals surface area contributed by atoms with E-state index in [0.29, 0.717) is 21.3 Å². The molecule has 1 aliphatic carbocycles. The highest BCUT2D eigenvalue weighted by molar-refractivity contribution is 6.39. The van der Waals surface area contributed by atoms with Gasteiger partial charge in [-0.1, -0.05) is 29.3 Å². The number of hydrogen-bond donors (Lipinski definition) is 3. The molecule has 8 nitrogen and oxygen atoms in total. The topological polar surface area (TPSA) is 106 Å². The molecule has 4 rings (SSSR count). The van der Waals surface area contributed by atoms with Crippen LogP contribution in [0, 0.1) is 6.92 Å². The summed E-state index contributed by atoms with van der Waals surface area (Å²) in [6.45, 7) is 7.60. The molecule has 10 heteroatoms. The number of alkyl carbamates (subject to hydrolysis) is 1. The van der Waals surface area contributed by atoms with E-state index in [0.717, 1.165) is 42.5 Å². The highest BCUT2D eigenvalue weighted by Crippen LogP contribution is 2.34. The van der Waals surface area contributed by atoms with Crippen LogP contribution in [0.3, 0.4) is 0 Å². The number of para-hydroxylation sites is 1. The summed E-state index contributed by atoms with van der Waals surface area (Å²) in [6, 6.07) is 7.54. The number of nitrogens with zero attached hydrogens (tertiary/aromatic N) is 3. The SMILES string of the molecule is Cc1cc2c(N[C@H]3CC[C@H](NC(=O)OC(C)(C)C)CC3)c(/C(N)=N/c3c(Cl)cccc3Cl)cnn2c1. The number of carbonyl (C=O) groups is 1. The second-order valence-corrected chi connectivity index (χ2v) is 11.0. The van der Waals surface area contributed by atoms with Gasteiger partial charge in [-0.25, -0.2) is 14.3 Å². The Labute approximate surface area is 221 Å². The number of aliphatic imine (C=N–C) groups is 1. The number of ether oxygens (including phenoxy) is 1. The maximum atomic E-state index is 12.2. The molecule has 0 saturated heterocycles. The summed E-state index contributed by atoms with van der Waals surface area (Å²) >= 11 is 12.6. The van der Waals surface area contributed by atoms with Crippen LogP contribution in [0.1, 0.15) is 57.6 Å². The van der Waals surface area contributed by atoms with Crippen molar-refractivity contribution in [3.63, 3.8) is 0 Å². The Bertz CT molecular complexity index is 1270. The molecule has 192 valence electrons. The average Bonchev–Trinajstić information content (AvgIpc) is 3.17. The molecule has 0 radical (unpaired) electrons. The van der Waals surface area contributed by atoms with Gasteiger partial charge in [0.05, 0.1) is 33.0 Å². The van der Waals surface area contributed by atoms with E-state index < -0.39 is 5.60 Å². The number of halogens is 2. The van der Waals surface area contributed by atoms with E-state index >= 15 is 0 Å². The number of nitrogens with two attached hydrogens (primary N) is 1. The number of amides is 1. The Hall–Kier alpha value is -2.97. The molecular weight excluding hydrogens is 499 g/mol. The van der Waals surface area contributed by atoms with Crippen LogP contribution in [-0.2, 0) is 4.74 Å². The van der Waals surface area contributed by atoms with Crippen molar-refractivity contribution in [1.82, 2.24) is 14.9 Å². The number of fused-ring (bicyclic) bond motifs is 1. The van der Waals surface area contributed by atoms with Crippen molar-refractivity contribution >= 4 is 52.0 Å². The molecule has 1 saturated carbocycles. The second-order valence-electron chi connectivity index (χ2n) is 10.2. The zero-order chi connectivity index (χ0) is 26.0. The van der Waals surface area contributed by atoms with Crippen molar-refractivity contribution in [3.05, 3.63) is 57.8 Å². The van der Waals surface area contributed by atoms with Gasteiger partial charge in [0.25, 0.3) is 0 Å². The van der Waals surface area contributed by atoms with Crippen LogP contribution in [0.2, 0.25) is 10.0 Å². The summed E-state index contributed by atoms with van der Waals surface area (Å²) in [5.41, 5.74) is 9.89. The van der Waals surface area contributed by atoms with Gasteiger partial charge >= 0.3 is 6.09 Å². The fourth-order valence-corrected chi connectivity index (χ4v) is 4.85. The summed E-state index contributed by atoms with van der Waals surface area (Å²) in [7, 11) is 0. The summed E-state index contributed by atoms with van der Waals surface area (Å²) < 4.78 is 7.23. The largest absolute Gasteiger partial charge is 0.444 e. The highest BCUT2D eigenvalue weighted by Gasteiger charge is 2.26. The summed E-state index contributed by atoms with van der Waals surface area (Å²) in [4.78, 5) is 16.7. The van der Waals surface area contributed by atoms with E-state index in [4.69, 9.17) is 33.7 Å². The van der Waals surface area contributed by atoms with Crippen LogP contribution >= 0.6 is 23.2 Å². The number of rotatable bonds is 5. The minimum absolute atomic E-state index is 0.0828. The standard InChI is InChI=1S/C26H32Cl2N6O2/c1-15-12-21-22(31-16-8-10-17(11-9-16)32-25(35)36-26(2,3)4)18(13-30-34(21)14-15)24(29)33-23-19(27)6-5-7-20(23)28/h5-7,12-14,16-17,31H,8-11H2,1-4H3,(H2,29,33)(H,32,35)/t16-,17-. The van der Waals surface area contributed by atoms with Crippen LogP contribution in [0.25, 0.3) is 5.52 Å². The molecule has 0 atom stereocenters. The molecule has 2 heterocycles. The number of hydrogen-bond acceptors (Lipinski definition) is 5. The first-order valence-corrected chi connectivity index (χ1v) is 12.8. The van der Waals surface area contributed by atoms with Gasteiger partial charge in [-0.3, -0.25) is 0 Å². The molecule has 0 unspecified atom stereocenters. The molecule has 36 heavy (non-hydrogen) atoms. The lowest BCUT2D eigenvalue weighted by atomic mass is 9.91. The predicted molar refractivity (Wildman–Crippen MR) is 146 cm³/mol. The highest BCUT2D eigenvalue weighted by atomic mass is 35.5. The zero-order valence-electron chi connectivity index (χ0n) is 20.9. The summed E-state index contributed by atoms with van der Waals surface area (Å²) in [5, 5.41) is 12.0. The minimum Gasteiger partial charge on any atom is -0.444 e. The van der Waals surface area contributed by atoms with Gasteiger partial charge in [0.2, 0.25) is 0 Å². The molecular formula is C26H32Cl2N6O2. The molecule has 0 spiro atoms. The quantitative estimate of drug-likeness (QED) is 0.267. The minimum atomic E-state index is -0.517. The second kappa shape index (κ2) is 10.6. The first-order valence-electron chi connectivity index (χ1n) is 12.0. The third-order valence-electron chi connectivity index (χ3n) is 6.02. The molecule has 1 aromatic carbocycles. The Balaban J connectivity index is 1.55. The zero-order valence-corrected chi connectivity index (χ0v) is 22.5. The maximum absolute atomic E-state index is 12.2. The van der Waals surface area contributed by atoms with Gasteiger partial charge < -0.3 is 21.1 Å². The smallest absolute Gasteiger partial charge is 0.407 e. The van der Waals surface area contributed by atoms with Gasteiger partial charge in [-0.15, -0.1) is 0 Å². The van der Waals surface area contributed by atoms with Gasteiger partial charge in [0.1, 0.15) is 17.1 Å². The third-order valence-corrected chi connectivity index (χ3v) is 6.63. The van der Waals surface area contributed by atoms with Crippen molar-refractivity contribution in [1.29, 1.82) is 0 Å². The van der Waals surface area contributed by atoms with Crippen molar-refractivity contribution in [2.75, 3.05) is 5.32 Å². The number of aromatic nitrogens is 2. The van der Waals surface area contributed by atoms with Gasteiger partial charge in [0, 0.05) is 18.3 Å². The molecule has 1 amide bonds. The van der Waals surface area contributed by atoms with E-state index in [1.807, 2.05) is 38.4 Å². The van der Waals surface area contributed by atoms with E-state index in [2.05, 4.69) is 26.8 Å². The van der Waals surface area contributed by atoms with Gasteiger partial charge in [-0.05, 0) is 77.1 Å². The number of aryl methyl sites for hydroxylation is 1. The lowest BCUT2D eigenvalue weighted by molar-refractivity contribution is 0.0492. The Morgan fingerprint density at radius 3 is 2.44 bits per heavy atom. The van der Waals surface area contributed by atoms with Crippen LogP contribution in [-0.4, -0.2) is 39.2 Å². The van der Waals surface area contributed by atoms with E-state index in [1.54, 1.807) is 24.4 Å². The van der Waals surface area contributed by atoms with Crippen LogP contribution < -0.4 is 16.4 Å². The van der Waals surface area contributed by atoms with Crippen molar-refractivity contribution in [2.45, 2.75) is 71.1 Å². The lowest BCUT2D eigenvalue weighted by Gasteiger charge is -2.31. The number of anilines is 1. The number of benzene rings is 1. The van der Waals surface area contributed by atoms with E-state index in [-0.39, 0.29) is 24.0 Å².